The van der Waals surface area contributed by atoms with Gasteiger partial charge in [0.1, 0.15) is 5.82 Å². The van der Waals surface area contributed by atoms with E-state index in [1.165, 1.54) is 24.3 Å². The van der Waals surface area contributed by atoms with E-state index in [4.69, 9.17) is 0 Å². The van der Waals surface area contributed by atoms with Crippen molar-refractivity contribution in [1.29, 1.82) is 0 Å². The van der Waals surface area contributed by atoms with Gasteiger partial charge in [0, 0.05) is 0 Å². The molecule has 0 spiro atoms. The number of rotatable bonds is 2. The Morgan fingerprint density at radius 3 is 2.00 bits per heavy atom. The fourth-order valence-electron chi connectivity index (χ4n) is 2.42. The highest BCUT2D eigenvalue weighted by Gasteiger charge is 2.49. The van der Waals surface area contributed by atoms with E-state index in [1.54, 1.807) is 24.3 Å². The number of imide groups is 1. The molecule has 1 aliphatic rings. The fraction of sp³-hybridized carbons (Fsp3) is 0.0667. The molecule has 1 fully saturated rings. The van der Waals surface area contributed by atoms with Crippen LogP contribution >= 0.6 is 0 Å². The first kappa shape index (κ1) is 12.3. The van der Waals surface area contributed by atoms with Crippen molar-refractivity contribution in [2.75, 3.05) is 0 Å². The van der Waals surface area contributed by atoms with Crippen LogP contribution in [-0.2, 0) is 10.3 Å². The summed E-state index contributed by atoms with van der Waals surface area (Å²) in [6.07, 6.45) is 0. The summed E-state index contributed by atoms with van der Waals surface area (Å²) in [6.45, 7) is 0. The molecule has 1 atom stereocenters. The molecule has 1 saturated heterocycles. The maximum absolute atomic E-state index is 13.1. The molecule has 20 heavy (non-hydrogen) atoms. The second-order valence-corrected chi connectivity index (χ2v) is 4.53. The number of urea groups is 1. The number of hydrogen-bond donors (Lipinski definition) is 2. The zero-order valence-corrected chi connectivity index (χ0v) is 10.4. The average molecular weight is 270 g/mol. The molecule has 0 aromatic heterocycles. The van der Waals surface area contributed by atoms with Gasteiger partial charge in [0.2, 0.25) is 0 Å². The largest absolute Gasteiger partial charge is 0.322 e. The van der Waals surface area contributed by atoms with Crippen LogP contribution in [0.25, 0.3) is 0 Å². The van der Waals surface area contributed by atoms with Crippen molar-refractivity contribution in [3.05, 3.63) is 71.5 Å². The summed E-state index contributed by atoms with van der Waals surface area (Å²) in [5.74, 6) is -0.873. The Kier molecular flexibility index (Phi) is 2.75. The van der Waals surface area contributed by atoms with Crippen LogP contribution in [0.5, 0.6) is 0 Å². The Balaban J connectivity index is 2.21. The minimum Gasteiger partial charge on any atom is -0.316 e. The van der Waals surface area contributed by atoms with Crippen molar-refractivity contribution in [3.8, 4) is 0 Å². The normalized spacial score (nSPS) is 21.4. The smallest absolute Gasteiger partial charge is 0.316 e. The van der Waals surface area contributed by atoms with Crippen LogP contribution in [0.3, 0.4) is 0 Å². The van der Waals surface area contributed by atoms with Crippen molar-refractivity contribution < 1.29 is 14.0 Å². The Hall–Kier alpha value is -2.69. The number of carbonyl (C=O) groups is 2. The lowest BCUT2D eigenvalue weighted by Gasteiger charge is -2.27. The fourth-order valence-corrected chi connectivity index (χ4v) is 2.42. The van der Waals surface area contributed by atoms with Crippen LogP contribution in [0.4, 0.5) is 9.18 Å². The second kappa shape index (κ2) is 4.45. The molecule has 0 aliphatic carbocycles. The van der Waals surface area contributed by atoms with Gasteiger partial charge in [0.05, 0.1) is 0 Å². The van der Waals surface area contributed by atoms with Crippen LogP contribution in [0.15, 0.2) is 54.6 Å². The molecule has 3 amide bonds. The number of hydrogen-bond acceptors (Lipinski definition) is 2. The third kappa shape index (κ3) is 1.75. The summed E-state index contributed by atoms with van der Waals surface area (Å²) < 4.78 is 13.1. The first-order valence-corrected chi connectivity index (χ1v) is 6.08. The van der Waals surface area contributed by atoms with Gasteiger partial charge in [-0.3, -0.25) is 10.1 Å². The molecule has 4 nitrogen and oxygen atoms in total. The molecule has 100 valence electrons. The average Bonchev–Trinajstić information content (AvgIpc) is 2.76. The molecule has 5 heteroatoms. The predicted octanol–water partition coefficient (Wildman–Crippen LogP) is 1.91. The van der Waals surface area contributed by atoms with E-state index in [0.717, 1.165) is 0 Å². The molecule has 0 saturated carbocycles. The SMILES string of the molecule is O=C1NC(=O)[C@@](c2ccccc2)(c2ccc(F)cc2)N1. The monoisotopic (exact) mass is 270 g/mol. The molecule has 1 aliphatic heterocycles. The van der Waals surface area contributed by atoms with Gasteiger partial charge in [-0.25, -0.2) is 9.18 Å². The highest BCUT2D eigenvalue weighted by Crippen LogP contribution is 2.32. The number of benzene rings is 2. The minimum atomic E-state index is -1.31. The molecule has 2 aromatic carbocycles. The Labute approximate surface area is 114 Å². The van der Waals surface area contributed by atoms with Gasteiger partial charge in [-0.05, 0) is 23.3 Å². The standard InChI is InChI=1S/C15H11FN2O2/c16-12-8-6-11(7-9-12)15(10-4-2-1-3-5-10)13(19)17-14(20)18-15/h1-9H,(H2,17,18,19,20)/t15-/m1/s1. The lowest BCUT2D eigenvalue weighted by Crippen LogP contribution is -2.44. The van der Waals surface area contributed by atoms with E-state index < -0.39 is 23.3 Å². The van der Waals surface area contributed by atoms with Crippen molar-refractivity contribution in [2.24, 2.45) is 0 Å². The first-order valence-electron chi connectivity index (χ1n) is 6.08. The van der Waals surface area contributed by atoms with Gasteiger partial charge < -0.3 is 5.32 Å². The Bertz CT molecular complexity index is 670. The topological polar surface area (TPSA) is 58.2 Å². The van der Waals surface area contributed by atoms with E-state index in [2.05, 4.69) is 10.6 Å². The summed E-state index contributed by atoms with van der Waals surface area (Å²) in [5.41, 5.74) is -0.185. The zero-order valence-electron chi connectivity index (χ0n) is 10.4. The molecular weight excluding hydrogens is 259 g/mol. The highest BCUT2D eigenvalue weighted by atomic mass is 19.1. The van der Waals surface area contributed by atoms with Crippen LogP contribution in [0.2, 0.25) is 0 Å². The van der Waals surface area contributed by atoms with Crippen molar-refractivity contribution in [1.82, 2.24) is 10.6 Å². The summed E-state index contributed by atoms with van der Waals surface area (Å²) >= 11 is 0. The predicted molar refractivity (Wildman–Crippen MR) is 70.3 cm³/mol. The molecule has 1 heterocycles. The maximum atomic E-state index is 13.1. The molecule has 0 bridgehead atoms. The molecule has 3 rings (SSSR count). The summed E-state index contributed by atoms with van der Waals surface area (Å²) in [7, 11) is 0. The summed E-state index contributed by atoms with van der Waals surface area (Å²) in [4.78, 5) is 23.9. The quantitative estimate of drug-likeness (QED) is 0.819. The van der Waals surface area contributed by atoms with Crippen molar-refractivity contribution in [3.63, 3.8) is 0 Å². The molecule has 2 aromatic rings. The van der Waals surface area contributed by atoms with Gasteiger partial charge in [-0.1, -0.05) is 42.5 Å². The van der Waals surface area contributed by atoms with E-state index in [-0.39, 0.29) is 0 Å². The third-order valence-corrected chi connectivity index (χ3v) is 3.35. The highest BCUT2D eigenvalue weighted by molar-refractivity contribution is 6.09. The van der Waals surface area contributed by atoms with Gasteiger partial charge in [0.25, 0.3) is 5.91 Å². The van der Waals surface area contributed by atoms with Crippen LogP contribution in [0.1, 0.15) is 11.1 Å². The van der Waals surface area contributed by atoms with E-state index >= 15 is 0 Å². The van der Waals surface area contributed by atoms with Gasteiger partial charge in [0.15, 0.2) is 5.54 Å². The number of carbonyl (C=O) groups excluding carboxylic acids is 2. The Morgan fingerprint density at radius 1 is 0.850 bits per heavy atom. The van der Waals surface area contributed by atoms with Crippen molar-refractivity contribution >= 4 is 11.9 Å². The van der Waals surface area contributed by atoms with E-state index in [1.807, 2.05) is 6.07 Å². The van der Waals surface area contributed by atoms with Gasteiger partial charge in [-0.15, -0.1) is 0 Å². The molecular formula is C15H11FN2O2. The summed E-state index contributed by atoms with van der Waals surface area (Å²) in [6, 6.07) is 13.8. The number of amides is 3. The third-order valence-electron chi connectivity index (χ3n) is 3.35. The van der Waals surface area contributed by atoms with E-state index in [0.29, 0.717) is 11.1 Å². The second-order valence-electron chi connectivity index (χ2n) is 4.53. The minimum absolute atomic E-state index is 0.401. The van der Waals surface area contributed by atoms with Gasteiger partial charge in [-0.2, -0.15) is 0 Å². The maximum Gasteiger partial charge on any atom is 0.322 e. The number of nitrogens with one attached hydrogen (secondary N) is 2. The van der Waals surface area contributed by atoms with E-state index in [9.17, 15) is 14.0 Å². The summed E-state index contributed by atoms with van der Waals surface area (Å²) in [5, 5.41) is 4.88. The Morgan fingerprint density at radius 2 is 1.45 bits per heavy atom. The molecule has 0 unspecified atom stereocenters. The lowest BCUT2D eigenvalue weighted by molar-refractivity contribution is -0.122. The van der Waals surface area contributed by atoms with Crippen molar-refractivity contribution in [2.45, 2.75) is 5.54 Å². The van der Waals surface area contributed by atoms with Crippen LogP contribution < -0.4 is 10.6 Å². The lowest BCUT2D eigenvalue weighted by atomic mass is 9.83. The first-order chi connectivity index (χ1) is 9.63. The number of halogens is 1. The van der Waals surface area contributed by atoms with Crippen LogP contribution in [0, 0.1) is 5.82 Å². The molecule has 2 N–H and O–H groups in total. The zero-order chi connectivity index (χ0) is 14.2. The van der Waals surface area contributed by atoms with Crippen LogP contribution in [-0.4, -0.2) is 11.9 Å². The van der Waals surface area contributed by atoms with Gasteiger partial charge >= 0.3 is 6.03 Å². The molecule has 0 radical (unpaired) electrons.